The van der Waals surface area contributed by atoms with Gasteiger partial charge in [-0.3, -0.25) is 9.52 Å². The maximum absolute atomic E-state index is 12.9. The molecule has 1 amide bonds. The summed E-state index contributed by atoms with van der Waals surface area (Å²) in [6.45, 7) is 1.78. The summed E-state index contributed by atoms with van der Waals surface area (Å²) >= 11 is 0. The summed E-state index contributed by atoms with van der Waals surface area (Å²) in [6, 6.07) is 6.31. The summed E-state index contributed by atoms with van der Waals surface area (Å²) in [7, 11) is -2.82. The van der Waals surface area contributed by atoms with E-state index in [4.69, 9.17) is 14.2 Å². The van der Waals surface area contributed by atoms with Gasteiger partial charge >= 0.3 is 5.97 Å². The van der Waals surface area contributed by atoms with E-state index >= 15 is 0 Å². The SMILES string of the molecule is COc1ccc(S(=O)(=O)Nc2cc3c(cc2C(=O)O)OCCO3)cc1NC(C)=O. The Morgan fingerprint density at radius 3 is 2.31 bits per heavy atom. The van der Waals surface area contributed by atoms with Crippen LogP contribution in [0.1, 0.15) is 17.3 Å². The van der Waals surface area contributed by atoms with Crippen LogP contribution >= 0.6 is 0 Å². The Morgan fingerprint density at radius 1 is 1.07 bits per heavy atom. The first-order valence-electron chi connectivity index (χ1n) is 8.36. The Labute approximate surface area is 166 Å². The van der Waals surface area contributed by atoms with Crippen LogP contribution in [0.5, 0.6) is 17.2 Å². The van der Waals surface area contributed by atoms with E-state index in [0.717, 1.165) is 0 Å². The monoisotopic (exact) mass is 422 g/mol. The number of methoxy groups -OCH3 is 1. The van der Waals surface area contributed by atoms with E-state index in [-0.39, 0.29) is 52.3 Å². The first-order chi connectivity index (χ1) is 13.7. The van der Waals surface area contributed by atoms with Crippen LogP contribution < -0.4 is 24.2 Å². The quantitative estimate of drug-likeness (QED) is 0.641. The number of ether oxygens (including phenoxy) is 3. The second kappa shape index (κ2) is 7.87. The van der Waals surface area contributed by atoms with Crippen molar-refractivity contribution >= 4 is 33.3 Å². The Morgan fingerprint density at radius 2 is 1.72 bits per heavy atom. The lowest BCUT2D eigenvalue weighted by Gasteiger charge is -2.21. The number of amides is 1. The summed E-state index contributed by atoms with van der Waals surface area (Å²) in [4.78, 5) is 22.8. The summed E-state index contributed by atoms with van der Waals surface area (Å²) in [5, 5.41) is 11.9. The molecule has 0 atom stereocenters. The molecule has 0 fully saturated rings. The van der Waals surface area contributed by atoms with Crippen LogP contribution in [0.25, 0.3) is 0 Å². The number of rotatable bonds is 6. The van der Waals surface area contributed by atoms with Crippen LogP contribution in [0.2, 0.25) is 0 Å². The molecule has 10 nitrogen and oxygen atoms in total. The average Bonchev–Trinajstić information content (AvgIpc) is 2.66. The van der Waals surface area contributed by atoms with Gasteiger partial charge in [0.05, 0.1) is 28.9 Å². The van der Waals surface area contributed by atoms with Crippen LogP contribution in [0.3, 0.4) is 0 Å². The zero-order chi connectivity index (χ0) is 21.2. The summed E-state index contributed by atoms with van der Waals surface area (Å²) < 4.78 is 43.8. The van der Waals surface area contributed by atoms with Gasteiger partial charge in [-0.15, -0.1) is 0 Å². The predicted octanol–water partition coefficient (Wildman–Crippen LogP) is 1.92. The number of carboxylic acids is 1. The van der Waals surface area contributed by atoms with Crippen molar-refractivity contribution in [1.82, 2.24) is 0 Å². The van der Waals surface area contributed by atoms with E-state index in [9.17, 15) is 23.1 Å². The van der Waals surface area contributed by atoms with E-state index in [1.807, 2.05) is 0 Å². The molecule has 3 rings (SSSR count). The lowest BCUT2D eigenvalue weighted by molar-refractivity contribution is -0.114. The molecule has 0 aliphatic carbocycles. The fourth-order valence-corrected chi connectivity index (χ4v) is 3.79. The number of carbonyl (C=O) groups is 2. The molecule has 0 saturated heterocycles. The summed E-state index contributed by atoms with van der Waals surface area (Å²) in [5.74, 6) is -1.04. The molecule has 11 heteroatoms. The minimum absolute atomic E-state index is 0.156. The third kappa shape index (κ3) is 4.35. The normalized spacial score (nSPS) is 12.8. The number of anilines is 2. The highest BCUT2D eigenvalue weighted by atomic mass is 32.2. The molecule has 0 bridgehead atoms. The van der Waals surface area contributed by atoms with Crippen LogP contribution in [-0.4, -0.2) is 45.7 Å². The van der Waals surface area contributed by atoms with E-state index < -0.39 is 21.9 Å². The van der Waals surface area contributed by atoms with E-state index in [1.54, 1.807) is 0 Å². The van der Waals surface area contributed by atoms with Gasteiger partial charge in [-0.2, -0.15) is 0 Å². The molecule has 3 N–H and O–H groups in total. The van der Waals surface area contributed by atoms with Crippen molar-refractivity contribution in [2.24, 2.45) is 0 Å². The summed E-state index contributed by atoms with van der Waals surface area (Å²) in [6.07, 6.45) is 0. The molecule has 2 aromatic carbocycles. The van der Waals surface area contributed by atoms with Gasteiger partial charge in [-0.05, 0) is 18.2 Å². The molecule has 1 aliphatic heterocycles. The lowest BCUT2D eigenvalue weighted by atomic mass is 10.1. The fourth-order valence-electron chi connectivity index (χ4n) is 2.70. The van der Waals surface area contributed by atoms with Crippen LogP contribution in [0.4, 0.5) is 11.4 Å². The standard InChI is InChI=1S/C18H18N2O8S/c1-10(21)19-14-7-11(3-4-15(14)26-2)29(24,25)20-13-9-17-16(27-5-6-28-17)8-12(13)18(22)23/h3-4,7-9,20H,5-6H2,1-2H3,(H,19,21)(H,22,23). The molecule has 2 aromatic rings. The van der Waals surface area contributed by atoms with Crippen molar-refractivity contribution in [3.63, 3.8) is 0 Å². The number of hydrogen-bond donors (Lipinski definition) is 3. The van der Waals surface area contributed by atoms with Gasteiger partial charge in [0.15, 0.2) is 11.5 Å². The molecule has 0 aromatic heterocycles. The van der Waals surface area contributed by atoms with E-state index in [0.29, 0.717) is 0 Å². The minimum Gasteiger partial charge on any atom is -0.495 e. The van der Waals surface area contributed by atoms with Gasteiger partial charge in [0, 0.05) is 19.1 Å². The molecule has 0 saturated carbocycles. The number of aromatic carboxylic acids is 1. The summed E-state index contributed by atoms with van der Waals surface area (Å²) in [5.41, 5.74) is -0.324. The molecule has 1 aliphatic rings. The van der Waals surface area contributed by atoms with Crippen LogP contribution in [0.15, 0.2) is 35.2 Å². The second-order valence-electron chi connectivity index (χ2n) is 6.00. The van der Waals surface area contributed by atoms with Gasteiger partial charge < -0.3 is 24.6 Å². The second-order valence-corrected chi connectivity index (χ2v) is 7.68. The van der Waals surface area contributed by atoms with Crippen LogP contribution in [-0.2, 0) is 14.8 Å². The lowest BCUT2D eigenvalue weighted by Crippen LogP contribution is -2.19. The maximum atomic E-state index is 12.9. The third-order valence-electron chi connectivity index (χ3n) is 3.95. The Balaban J connectivity index is 2.01. The van der Waals surface area contributed by atoms with E-state index in [2.05, 4.69) is 10.0 Å². The van der Waals surface area contributed by atoms with Crippen molar-refractivity contribution in [3.05, 3.63) is 35.9 Å². The zero-order valence-electron chi connectivity index (χ0n) is 15.5. The third-order valence-corrected chi connectivity index (χ3v) is 5.31. The topological polar surface area (TPSA) is 140 Å². The van der Waals surface area contributed by atoms with Crippen LogP contribution in [0, 0.1) is 0 Å². The van der Waals surface area contributed by atoms with Gasteiger partial charge in [0.1, 0.15) is 19.0 Å². The Kier molecular flexibility index (Phi) is 5.50. The van der Waals surface area contributed by atoms with Gasteiger partial charge in [0.2, 0.25) is 5.91 Å². The predicted molar refractivity (Wildman–Crippen MR) is 102 cm³/mol. The molecule has 1 heterocycles. The number of nitrogens with one attached hydrogen (secondary N) is 2. The van der Waals surface area contributed by atoms with E-state index in [1.165, 1.54) is 44.4 Å². The van der Waals surface area contributed by atoms with Gasteiger partial charge in [0.25, 0.3) is 10.0 Å². The first-order valence-corrected chi connectivity index (χ1v) is 9.85. The molecular formula is C18H18N2O8S. The van der Waals surface area contributed by atoms with Crippen molar-refractivity contribution in [3.8, 4) is 17.2 Å². The highest BCUT2D eigenvalue weighted by Gasteiger charge is 2.24. The number of hydrogen-bond acceptors (Lipinski definition) is 7. The van der Waals surface area contributed by atoms with Crippen molar-refractivity contribution in [2.45, 2.75) is 11.8 Å². The number of carbonyl (C=O) groups excluding carboxylic acids is 1. The number of fused-ring (bicyclic) bond motifs is 1. The smallest absolute Gasteiger partial charge is 0.337 e. The zero-order valence-corrected chi connectivity index (χ0v) is 16.3. The number of sulfonamides is 1. The van der Waals surface area contributed by atoms with Crippen molar-refractivity contribution in [1.29, 1.82) is 0 Å². The largest absolute Gasteiger partial charge is 0.495 e. The van der Waals surface area contributed by atoms with Gasteiger partial charge in [-0.1, -0.05) is 0 Å². The first kappa shape index (κ1) is 20.3. The highest BCUT2D eigenvalue weighted by molar-refractivity contribution is 7.92. The molecule has 0 unspecified atom stereocenters. The highest BCUT2D eigenvalue weighted by Crippen LogP contribution is 2.37. The number of benzene rings is 2. The molecule has 29 heavy (non-hydrogen) atoms. The average molecular weight is 422 g/mol. The Bertz CT molecular complexity index is 1080. The van der Waals surface area contributed by atoms with Crippen molar-refractivity contribution in [2.75, 3.05) is 30.4 Å². The van der Waals surface area contributed by atoms with Crippen molar-refractivity contribution < 1.29 is 37.3 Å². The molecule has 154 valence electrons. The fraction of sp³-hybridized carbons (Fsp3) is 0.222. The van der Waals surface area contributed by atoms with Gasteiger partial charge in [-0.25, -0.2) is 13.2 Å². The molecular weight excluding hydrogens is 404 g/mol. The molecule has 0 radical (unpaired) electrons. The molecule has 0 spiro atoms. The Hall–Kier alpha value is -3.47. The maximum Gasteiger partial charge on any atom is 0.337 e. The number of carboxylic acid groups (broad SMARTS) is 1. The minimum atomic E-state index is -4.20.